The zero-order valence-corrected chi connectivity index (χ0v) is 26.1. The van der Waals surface area contributed by atoms with Crippen LogP contribution in [0.1, 0.15) is 75.0 Å². The van der Waals surface area contributed by atoms with Crippen molar-refractivity contribution >= 4 is 25.0 Å². The number of likely N-dealkylation sites (tertiary alicyclic amines) is 1. The highest BCUT2D eigenvalue weighted by Crippen LogP contribution is 2.51. The number of phenols is 1. The molecule has 3 fully saturated rings. The summed E-state index contributed by atoms with van der Waals surface area (Å²) in [6.45, 7) is 6.21. The van der Waals surface area contributed by atoms with Crippen LogP contribution in [0, 0.1) is 31.6 Å². The first-order valence-electron chi connectivity index (χ1n) is 16.3. The Kier molecular flexibility index (Phi) is 9.02. The van der Waals surface area contributed by atoms with E-state index in [9.17, 15) is 19.7 Å². The van der Waals surface area contributed by atoms with Gasteiger partial charge in [-0.05, 0) is 117 Å². The predicted octanol–water partition coefficient (Wildman–Crippen LogP) is 6.40. The van der Waals surface area contributed by atoms with Crippen molar-refractivity contribution in [2.75, 3.05) is 6.61 Å². The van der Waals surface area contributed by atoms with E-state index in [0.29, 0.717) is 31.5 Å². The van der Waals surface area contributed by atoms with E-state index in [-0.39, 0.29) is 29.9 Å². The van der Waals surface area contributed by atoms with Gasteiger partial charge in [-0.25, -0.2) is 0 Å². The number of carbonyl (C=O) groups excluding carboxylic acids is 2. The second kappa shape index (κ2) is 12.9. The van der Waals surface area contributed by atoms with Crippen molar-refractivity contribution < 1.29 is 29.1 Å². The van der Waals surface area contributed by atoms with Crippen LogP contribution in [-0.2, 0) is 14.2 Å². The van der Waals surface area contributed by atoms with E-state index >= 15 is 0 Å². The fraction of sp³-hybridized carbons (Fsp3) is 0.500. The van der Waals surface area contributed by atoms with E-state index in [1.54, 1.807) is 4.90 Å². The number of aromatic hydroxyl groups is 1. The Morgan fingerprint density at radius 2 is 1.75 bits per heavy atom. The van der Waals surface area contributed by atoms with Crippen LogP contribution >= 0.6 is 0 Å². The maximum Gasteiger partial charge on any atom is 0.455 e. The lowest BCUT2D eigenvalue weighted by molar-refractivity contribution is -0.143. The second-order valence-corrected chi connectivity index (χ2v) is 13.3. The van der Waals surface area contributed by atoms with Crippen LogP contribution in [0.3, 0.4) is 0 Å². The number of phenolic OH excluding ortho intramolecular Hbond substituents is 1. The number of imide groups is 1. The first kappa shape index (κ1) is 30.7. The zero-order chi connectivity index (χ0) is 31.0. The Hall–Kier alpha value is -3.36. The number of fused-ring (bicyclic) bond motifs is 3. The molecule has 2 amide bonds. The average Bonchev–Trinajstić information content (AvgIpc) is 3.27. The maximum atomic E-state index is 14.1. The van der Waals surface area contributed by atoms with Gasteiger partial charge in [0.1, 0.15) is 18.1 Å². The third-order valence-corrected chi connectivity index (χ3v) is 10.2. The van der Waals surface area contributed by atoms with Crippen LogP contribution in [0.15, 0.2) is 59.2 Å². The number of benzene rings is 2. The summed E-state index contributed by atoms with van der Waals surface area (Å²) >= 11 is 0. The molecule has 2 saturated heterocycles. The molecule has 0 aromatic heterocycles. The van der Waals surface area contributed by atoms with Crippen LogP contribution in [0.4, 0.5) is 0 Å². The molecule has 7 nitrogen and oxygen atoms in total. The molecular weight excluding hydrogens is 553 g/mol. The van der Waals surface area contributed by atoms with Gasteiger partial charge in [0, 0.05) is 6.04 Å². The number of hydrogen-bond acceptors (Lipinski definition) is 6. The fourth-order valence-electron chi connectivity index (χ4n) is 8.10. The molecular formula is C36H44BNO6. The van der Waals surface area contributed by atoms with E-state index in [2.05, 4.69) is 13.0 Å². The van der Waals surface area contributed by atoms with E-state index < -0.39 is 19.0 Å². The van der Waals surface area contributed by atoms with Gasteiger partial charge < -0.3 is 19.5 Å². The number of para-hydroxylation sites is 1. The smallest absolute Gasteiger partial charge is 0.455 e. The normalized spacial score (nSPS) is 26.2. The average molecular weight is 598 g/mol. The molecule has 0 unspecified atom stereocenters. The van der Waals surface area contributed by atoms with Crippen LogP contribution < -0.4 is 4.74 Å². The first-order chi connectivity index (χ1) is 21.2. The lowest BCUT2D eigenvalue weighted by atomic mass is 9.58. The van der Waals surface area contributed by atoms with Crippen molar-refractivity contribution in [2.24, 2.45) is 17.8 Å². The highest BCUT2D eigenvalue weighted by atomic mass is 16.5. The van der Waals surface area contributed by atoms with Gasteiger partial charge in [-0.2, -0.15) is 0 Å². The number of ether oxygens (including phenoxy) is 1. The lowest BCUT2D eigenvalue weighted by Crippen LogP contribution is -2.47. The number of rotatable bonds is 8. The van der Waals surface area contributed by atoms with Gasteiger partial charge >= 0.3 is 7.12 Å². The largest absolute Gasteiger partial charge is 0.507 e. The summed E-state index contributed by atoms with van der Waals surface area (Å²) in [6, 6.07) is 13.6. The summed E-state index contributed by atoms with van der Waals surface area (Å²) in [4.78, 5) is 29.6. The van der Waals surface area contributed by atoms with Crippen molar-refractivity contribution in [3.63, 3.8) is 0 Å². The Morgan fingerprint density at radius 1 is 1.05 bits per heavy atom. The van der Waals surface area contributed by atoms with Gasteiger partial charge in [-0.1, -0.05) is 49.1 Å². The van der Waals surface area contributed by atoms with E-state index in [1.165, 1.54) is 0 Å². The third kappa shape index (κ3) is 6.11. The third-order valence-electron chi connectivity index (χ3n) is 10.2. The second-order valence-electron chi connectivity index (χ2n) is 13.3. The summed E-state index contributed by atoms with van der Waals surface area (Å²) in [7, 11) is -0.998. The lowest BCUT2D eigenvalue weighted by Gasteiger charge is -2.43. The molecule has 2 N–H and O–H groups in total. The van der Waals surface area contributed by atoms with Crippen molar-refractivity contribution in [1.82, 2.24) is 4.90 Å². The van der Waals surface area contributed by atoms with Crippen LogP contribution in [0.2, 0.25) is 6.32 Å². The molecule has 6 rings (SSSR count). The maximum absolute atomic E-state index is 14.1. The first-order valence-corrected chi connectivity index (χ1v) is 16.3. The van der Waals surface area contributed by atoms with Gasteiger partial charge in [0.25, 0.3) is 0 Å². The molecule has 0 spiro atoms. The van der Waals surface area contributed by atoms with Crippen molar-refractivity contribution in [3.05, 3.63) is 75.9 Å². The molecule has 232 valence electrons. The number of aryl methyl sites for hydroxylation is 2. The summed E-state index contributed by atoms with van der Waals surface area (Å²) in [6.07, 6.45) is 8.91. The molecule has 4 aliphatic rings. The van der Waals surface area contributed by atoms with E-state index in [1.807, 2.05) is 56.3 Å². The van der Waals surface area contributed by atoms with Crippen LogP contribution in [0.5, 0.6) is 11.5 Å². The van der Waals surface area contributed by atoms with Crippen LogP contribution in [0.25, 0.3) is 6.08 Å². The summed E-state index contributed by atoms with van der Waals surface area (Å²) in [5.41, 5.74) is 5.94. The van der Waals surface area contributed by atoms with Gasteiger partial charge in [-0.3, -0.25) is 14.5 Å². The van der Waals surface area contributed by atoms with Gasteiger partial charge in [0.15, 0.2) is 0 Å². The number of hydrogen-bond donors (Lipinski definition) is 2. The molecule has 4 atom stereocenters. The zero-order valence-electron chi connectivity index (χ0n) is 26.1. The predicted molar refractivity (Wildman–Crippen MR) is 171 cm³/mol. The molecule has 2 heterocycles. The highest BCUT2D eigenvalue weighted by molar-refractivity contribution is 6.43. The van der Waals surface area contributed by atoms with E-state index in [4.69, 9.17) is 9.39 Å². The summed E-state index contributed by atoms with van der Waals surface area (Å²) in [5.74, 6) is -0.151. The number of nitrogens with zero attached hydrogens (tertiary/aromatic N) is 1. The minimum absolute atomic E-state index is 0.0117. The standard InChI is InChI=1S/C36H44BNO6/c1-22(16-25-17-23(2)34(39)24(3)18-25)14-15-31-32-26(21-43-28-12-8-5-9-13-28)19-29-33(30(32)20-37(42)44-31)36(41)38(35(29)40)27-10-6-4-7-11-27/h5,8-9,12-13,16-18,27,29-31,33,39,42H,4,6-7,10-11,14-15,19-21H2,1-3H3/b22-16+/t29-,30+,31-,33-/m1/s1. The summed E-state index contributed by atoms with van der Waals surface area (Å²) < 4.78 is 12.5. The molecule has 44 heavy (non-hydrogen) atoms. The Labute approximate surface area is 261 Å². The van der Waals surface area contributed by atoms with Gasteiger partial charge in [0.2, 0.25) is 11.8 Å². The molecule has 8 heteroatoms. The van der Waals surface area contributed by atoms with Crippen LogP contribution in [-0.4, -0.2) is 52.7 Å². The van der Waals surface area contributed by atoms with Gasteiger partial charge in [-0.15, -0.1) is 0 Å². The molecule has 0 radical (unpaired) electrons. The molecule has 2 aliphatic heterocycles. The Balaban J connectivity index is 1.29. The molecule has 2 aromatic carbocycles. The number of carbonyl (C=O) groups is 2. The Morgan fingerprint density at radius 3 is 2.45 bits per heavy atom. The summed E-state index contributed by atoms with van der Waals surface area (Å²) in [5, 5.41) is 21.1. The Bertz CT molecular complexity index is 1440. The molecule has 2 aromatic rings. The number of allylic oxidation sites excluding steroid dienone is 1. The minimum atomic E-state index is -0.998. The minimum Gasteiger partial charge on any atom is -0.507 e. The van der Waals surface area contributed by atoms with Crippen molar-refractivity contribution in [3.8, 4) is 11.5 Å². The fourth-order valence-corrected chi connectivity index (χ4v) is 8.10. The quantitative estimate of drug-likeness (QED) is 0.208. The van der Waals surface area contributed by atoms with E-state index in [0.717, 1.165) is 77.7 Å². The topological polar surface area (TPSA) is 96.3 Å². The molecule has 0 bridgehead atoms. The van der Waals surface area contributed by atoms with Crippen molar-refractivity contribution in [1.29, 1.82) is 0 Å². The monoisotopic (exact) mass is 597 g/mol. The molecule has 2 aliphatic carbocycles. The SMILES string of the molecule is C/C(=C\c1cc(C)c(O)c(C)c1)CC[C@H]1OB(O)C[C@H]2C1=C(COc1ccccc1)C[C@H]1C(=O)N(C3CCCCC3)C(=O)[C@H]12. The van der Waals surface area contributed by atoms with Crippen molar-refractivity contribution in [2.45, 2.75) is 90.6 Å². The number of amides is 2. The highest BCUT2D eigenvalue weighted by Gasteiger charge is 2.58. The molecule has 1 saturated carbocycles. The van der Waals surface area contributed by atoms with Gasteiger partial charge in [0.05, 0.1) is 17.9 Å².